The maximum Gasteiger partial charge on any atom is 0.243 e. The maximum absolute atomic E-state index is 12.2. The first-order valence-corrected chi connectivity index (χ1v) is 5.81. The van der Waals surface area contributed by atoms with Crippen LogP contribution in [0, 0.1) is 11.3 Å². The van der Waals surface area contributed by atoms with Gasteiger partial charge in [-0.25, -0.2) is 0 Å². The Balaban J connectivity index is 2.18. The molecule has 1 fully saturated rings. The minimum absolute atomic E-state index is 0.130. The van der Waals surface area contributed by atoms with E-state index in [1.54, 1.807) is 31.3 Å². The molecule has 5 nitrogen and oxygen atoms in total. The summed E-state index contributed by atoms with van der Waals surface area (Å²) in [5.41, 5.74) is 1.06. The molecular weight excluding hydrogens is 230 g/mol. The third-order valence-electron chi connectivity index (χ3n) is 3.12. The SMILES string of the molecule is CN(C(=O)C1CC(O)CN1)c1ccccc1C#N. The van der Waals surface area contributed by atoms with Gasteiger partial charge in [-0.1, -0.05) is 12.1 Å². The molecule has 2 rings (SSSR count). The molecule has 0 bridgehead atoms. The Bertz CT molecular complexity index is 495. The fourth-order valence-corrected chi connectivity index (χ4v) is 2.12. The van der Waals surface area contributed by atoms with Crippen molar-refractivity contribution in [1.82, 2.24) is 5.32 Å². The average Bonchev–Trinajstić information content (AvgIpc) is 2.83. The number of nitrogens with zero attached hydrogens (tertiary/aromatic N) is 2. The third-order valence-corrected chi connectivity index (χ3v) is 3.12. The third kappa shape index (κ3) is 2.35. The van der Waals surface area contributed by atoms with Crippen LogP contribution in [0.15, 0.2) is 24.3 Å². The fourth-order valence-electron chi connectivity index (χ4n) is 2.12. The molecule has 5 heteroatoms. The Kier molecular flexibility index (Phi) is 3.60. The highest BCUT2D eigenvalue weighted by Crippen LogP contribution is 2.20. The van der Waals surface area contributed by atoms with Crippen LogP contribution in [-0.4, -0.2) is 36.8 Å². The second-order valence-corrected chi connectivity index (χ2v) is 4.38. The molecule has 2 atom stereocenters. The number of aliphatic hydroxyl groups is 1. The summed E-state index contributed by atoms with van der Waals surface area (Å²) in [5, 5.41) is 21.4. The van der Waals surface area contributed by atoms with E-state index < -0.39 is 6.10 Å². The first kappa shape index (κ1) is 12.6. The molecule has 0 saturated carbocycles. The number of likely N-dealkylation sites (N-methyl/N-ethyl adjacent to an activating group) is 1. The summed E-state index contributed by atoms with van der Waals surface area (Å²) in [5.74, 6) is -0.130. The fraction of sp³-hybridized carbons (Fsp3) is 0.385. The first-order chi connectivity index (χ1) is 8.63. The molecule has 1 aliphatic rings. The summed E-state index contributed by atoms with van der Waals surface area (Å²) < 4.78 is 0. The Morgan fingerprint density at radius 3 is 2.89 bits per heavy atom. The maximum atomic E-state index is 12.2. The number of nitrogens with one attached hydrogen (secondary N) is 1. The van der Waals surface area contributed by atoms with Gasteiger partial charge in [-0.15, -0.1) is 0 Å². The van der Waals surface area contributed by atoms with Gasteiger partial charge in [-0.3, -0.25) is 4.79 Å². The van der Waals surface area contributed by atoms with Crippen LogP contribution in [-0.2, 0) is 4.79 Å². The number of β-amino-alcohol motifs (C(OH)–C–C–N with tert-alkyl or cyclic N) is 1. The van der Waals surface area contributed by atoms with Crippen LogP contribution in [0.25, 0.3) is 0 Å². The van der Waals surface area contributed by atoms with Crippen molar-refractivity contribution in [1.29, 1.82) is 5.26 Å². The number of hydrogen-bond acceptors (Lipinski definition) is 4. The van der Waals surface area contributed by atoms with Crippen LogP contribution >= 0.6 is 0 Å². The van der Waals surface area contributed by atoms with Gasteiger partial charge in [0.1, 0.15) is 6.07 Å². The van der Waals surface area contributed by atoms with Gasteiger partial charge in [0.25, 0.3) is 0 Å². The van der Waals surface area contributed by atoms with E-state index in [1.807, 2.05) is 0 Å². The molecule has 1 saturated heterocycles. The summed E-state index contributed by atoms with van der Waals surface area (Å²) >= 11 is 0. The van der Waals surface area contributed by atoms with Crippen LogP contribution in [0.4, 0.5) is 5.69 Å². The van der Waals surface area contributed by atoms with Gasteiger partial charge in [0.2, 0.25) is 5.91 Å². The highest BCUT2D eigenvalue weighted by atomic mass is 16.3. The van der Waals surface area contributed by atoms with Gasteiger partial charge in [0, 0.05) is 13.6 Å². The second kappa shape index (κ2) is 5.17. The highest BCUT2D eigenvalue weighted by Gasteiger charge is 2.31. The van der Waals surface area contributed by atoms with E-state index in [1.165, 1.54) is 4.90 Å². The number of benzene rings is 1. The molecular formula is C13H15N3O2. The minimum atomic E-state index is -0.474. The second-order valence-electron chi connectivity index (χ2n) is 4.38. The van der Waals surface area contributed by atoms with E-state index in [0.29, 0.717) is 24.2 Å². The molecule has 1 aromatic carbocycles. The summed E-state index contributed by atoms with van der Waals surface area (Å²) in [6.45, 7) is 0.435. The normalized spacial score (nSPS) is 22.5. The Morgan fingerprint density at radius 1 is 1.56 bits per heavy atom. The van der Waals surface area contributed by atoms with Gasteiger partial charge in [0.05, 0.1) is 23.4 Å². The van der Waals surface area contributed by atoms with Crippen molar-refractivity contribution < 1.29 is 9.90 Å². The molecule has 0 spiro atoms. The van der Waals surface area contributed by atoms with Crippen molar-refractivity contribution in [3.63, 3.8) is 0 Å². The lowest BCUT2D eigenvalue weighted by molar-refractivity contribution is -0.120. The monoisotopic (exact) mass is 245 g/mol. The predicted molar refractivity (Wildman–Crippen MR) is 67.0 cm³/mol. The lowest BCUT2D eigenvalue weighted by atomic mass is 10.1. The number of amides is 1. The number of para-hydroxylation sites is 1. The first-order valence-electron chi connectivity index (χ1n) is 5.81. The number of hydrogen-bond donors (Lipinski definition) is 2. The number of aliphatic hydroxyl groups excluding tert-OH is 1. The molecule has 2 N–H and O–H groups in total. The Hall–Kier alpha value is -1.90. The number of rotatable bonds is 2. The van der Waals surface area contributed by atoms with Crippen molar-refractivity contribution >= 4 is 11.6 Å². The molecule has 0 aliphatic carbocycles. The molecule has 1 aromatic rings. The summed E-state index contributed by atoms with van der Waals surface area (Å²) in [4.78, 5) is 13.7. The summed E-state index contributed by atoms with van der Waals surface area (Å²) in [6, 6.07) is 8.65. The van der Waals surface area contributed by atoms with Crippen molar-refractivity contribution in [3.05, 3.63) is 29.8 Å². The predicted octanol–water partition coefficient (Wildman–Crippen LogP) is 0.244. The molecule has 0 radical (unpaired) electrons. The molecule has 94 valence electrons. The van der Waals surface area contributed by atoms with Crippen molar-refractivity contribution in [2.45, 2.75) is 18.6 Å². The molecule has 1 heterocycles. The summed E-state index contributed by atoms with van der Waals surface area (Å²) in [7, 11) is 1.64. The van der Waals surface area contributed by atoms with Crippen LogP contribution in [0.2, 0.25) is 0 Å². The highest BCUT2D eigenvalue weighted by molar-refractivity contribution is 5.98. The zero-order valence-corrected chi connectivity index (χ0v) is 10.1. The lowest BCUT2D eigenvalue weighted by Crippen LogP contribution is -2.41. The average molecular weight is 245 g/mol. The van der Waals surface area contributed by atoms with Crippen molar-refractivity contribution in [2.24, 2.45) is 0 Å². The molecule has 2 unspecified atom stereocenters. The number of nitriles is 1. The van der Waals surface area contributed by atoms with Gasteiger partial charge < -0.3 is 15.3 Å². The van der Waals surface area contributed by atoms with Crippen molar-refractivity contribution in [2.75, 3.05) is 18.5 Å². The van der Waals surface area contributed by atoms with Crippen LogP contribution in [0.5, 0.6) is 0 Å². The zero-order chi connectivity index (χ0) is 13.1. The lowest BCUT2D eigenvalue weighted by Gasteiger charge is -2.22. The van der Waals surface area contributed by atoms with E-state index in [0.717, 1.165) is 0 Å². The standard InChI is InChI=1S/C13H15N3O2/c1-16(12-5-3-2-4-9(12)7-14)13(18)11-6-10(17)8-15-11/h2-5,10-11,15,17H,6,8H2,1H3. The molecule has 0 aromatic heterocycles. The summed E-state index contributed by atoms with van der Waals surface area (Å²) in [6.07, 6.45) is -0.0590. The minimum Gasteiger partial charge on any atom is -0.392 e. The van der Waals surface area contributed by atoms with Gasteiger partial charge in [0.15, 0.2) is 0 Å². The van der Waals surface area contributed by atoms with Crippen LogP contribution in [0.3, 0.4) is 0 Å². The molecule has 1 aliphatic heterocycles. The van der Waals surface area contributed by atoms with E-state index in [2.05, 4.69) is 11.4 Å². The Morgan fingerprint density at radius 2 is 2.28 bits per heavy atom. The number of anilines is 1. The topological polar surface area (TPSA) is 76.4 Å². The smallest absolute Gasteiger partial charge is 0.243 e. The quantitative estimate of drug-likeness (QED) is 0.782. The van der Waals surface area contributed by atoms with Gasteiger partial charge in [-0.05, 0) is 18.6 Å². The van der Waals surface area contributed by atoms with Crippen molar-refractivity contribution in [3.8, 4) is 6.07 Å². The molecule has 1 amide bonds. The van der Waals surface area contributed by atoms with Gasteiger partial charge in [-0.2, -0.15) is 5.26 Å². The Labute approximate surface area is 106 Å². The van der Waals surface area contributed by atoms with Gasteiger partial charge >= 0.3 is 0 Å². The van der Waals surface area contributed by atoms with E-state index in [4.69, 9.17) is 5.26 Å². The van der Waals surface area contributed by atoms with E-state index >= 15 is 0 Å². The van der Waals surface area contributed by atoms with Crippen LogP contribution in [0.1, 0.15) is 12.0 Å². The molecule has 18 heavy (non-hydrogen) atoms. The zero-order valence-electron chi connectivity index (χ0n) is 10.1. The van der Waals surface area contributed by atoms with E-state index in [-0.39, 0.29) is 11.9 Å². The number of carbonyl (C=O) groups excluding carboxylic acids is 1. The van der Waals surface area contributed by atoms with E-state index in [9.17, 15) is 9.90 Å². The van der Waals surface area contributed by atoms with Crippen LogP contribution < -0.4 is 10.2 Å². The largest absolute Gasteiger partial charge is 0.392 e. The number of carbonyl (C=O) groups is 1.